The highest BCUT2D eigenvalue weighted by molar-refractivity contribution is 7.91. The van der Waals surface area contributed by atoms with Crippen LogP contribution in [-0.4, -0.2) is 52.0 Å². The Morgan fingerprint density at radius 3 is 2.63 bits per heavy atom. The summed E-state index contributed by atoms with van der Waals surface area (Å²) in [4.78, 5) is 6.44. The number of guanidine groups is 1. The quantitative estimate of drug-likeness (QED) is 0.543. The van der Waals surface area contributed by atoms with Crippen LogP contribution in [0.25, 0.3) is 0 Å². The number of hydrogen-bond donors (Lipinski definition) is 2. The number of hydrogen-bond acceptors (Lipinski definition) is 6. The molecule has 1 aliphatic heterocycles. The van der Waals surface area contributed by atoms with E-state index in [0.29, 0.717) is 49.6 Å². The maximum atomic E-state index is 12.7. The molecule has 0 spiro atoms. The summed E-state index contributed by atoms with van der Waals surface area (Å²) in [6.45, 7) is 5.04. The first-order chi connectivity index (χ1) is 13.0. The van der Waals surface area contributed by atoms with Gasteiger partial charge >= 0.3 is 0 Å². The first kappa shape index (κ1) is 20.3. The Bertz CT molecular complexity index is 883. The molecule has 1 fully saturated rings. The molecule has 0 bridgehead atoms. The van der Waals surface area contributed by atoms with E-state index < -0.39 is 10.0 Å². The van der Waals surface area contributed by atoms with Gasteiger partial charge in [-0.15, -0.1) is 22.7 Å². The number of nitrogens with zero attached hydrogens (tertiary/aromatic N) is 2. The van der Waals surface area contributed by atoms with E-state index in [-0.39, 0.29) is 0 Å². The zero-order chi connectivity index (χ0) is 19.3. The van der Waals surface area contributed by atoms with Crippen LogP contribution in [0, 0.1) is 6.92 Å². The van der Waals surface area contributed by atoms with Crippen molar-refractivity contribution < 1.29 is 13.2 Å². The number of rotatable bonds is 6. The van der Waals surface area contributed by atoms with Gasteiger partial charge in [-0.1, -0.05) is 0 Å². The van der Waals surface area contributed by atoms with Crippen molar-refractivity contribution in [3.63, 3.8) is 0 Å². The lowest BCUT2D eigenvalue weighted by atomic mass is 10.3. The molecule has 0 saturated carbocycles. The number of aryl methyl sites for hydroxylation is 1. The van der Waals surface area contributed by atoms with Crippen LogP contribution in [0.3, 0.4) is 0 Å². The molecular weight excluding hydrogens is 404 g/mol. The van der Waals surface area contributed by atoms with Crippen molar-refractivity contribution in [3.05, 3.63) is 38.9 Å². The summed E-state index contributed by atoms with van der Waals surface area (Å²) in [7, 11) is -1.71. The van der Waals surface area contributed by atoms with Crippen molar-refractivity contribution >= 4 is 38.7 Å². The van der Waals surface area contributed by atoms with Crippen LogP contribution in [0.1, 0.15) is 15.3 Å². The van der Waals surface area contributed by atoms with E-state index in [1.165, 1.54) is 26.1 Å². The molecule has 0 atom stereocenters. The van der Waals surface area contributed by atoms with E-state index in [2.05, 4.69) is 34.0 Å². The lowest BCUT2D eigenvalue weighted by Gasteiger charge is -2.25. The predicted molar refractivity (Wildman–Crippen MR) is 110 cm³/mol. The number of ether oxygens (including phenoxy) is 1. The molecule has 2 aromatic rings. The van der Waals surface area contributed by atoms with Gasteiger partial charge in [-0.25, -0.2) is 8.42 Å². The number of nitrogens with one attached hydrogen (secondary N) is 2. The van der Waals surface area contributed by atoms with Crippen molar-refractivity contribution in [2.75, 3.05) is 33.4 Å². The van der Waals surface area contributed by atoms with Gasteiger partial charge < -0.3 is 15.4 Å². The van der Waals surface area contributed by atoms with Crippen LogP contribution < -0.4 is 10.6 Å². The topological polar surface area (TPSA) is 83.0 Å². The maximum Gasteiger partial charge on any atom is 0.252 e. The van der Waals surface area contributed by atoms with Gasteiger partial charge in [0.25, 0.3) is 10.0 Å². The van der Waals surface area contributed by atoms with Crippen LogP contribution in [-0.2, 0) is 27.8 Å². The minimum absolute atomic E-state index is 0.373. The first-order valence-corrected chi connectivity index (χ1v) is 11.8. The molecule has 10 heteroatoms. The van der Waals surface area contributed by atoms with Crippen molar-refractivity contribution in [2.24, 2.45) is 4.99 Å². The molecule has 0 aliphatic carbocycles. The molecule has 3 heterocycles. The Kier molecular flexibility index (Phi) is 6.88. The fraction of sp³-hybridized carbons (Fsp3) is 0.471. The smallest absolute Gasteiger partial charge is 0.252 e. The molecule has 7 nitrogen and oxygen atoms in total. The first-order valence-electron chi connectivity index (χ1n) is 8.65. The fourth-order valence-corrected chi connectivity index (χ4v) is 6.35. The summed E-state index contributed by atoms with van der Waals surface area (Å²) in [5.74, 6) is 0.689. The second kappa shape index (κ2) is 9.16. The Balaban J connectivity index is 1.56. The minimum Gasteiger partial charge on any atom is -0.379 e. The Labute approximate surface area is 168 Å². The predicted octanol–water partition coefficient (Wildman–Crippen LogP) is 2.00. The van der Waals surface area contributed by atoms with Crippen molar-refractivity contribution in [2.45, 2.75) is 24.2 Å². The maximum absolute atomic E-state index is 12.7. The summed E-state index contributed by atoms with van der Waals surface area (Å²) in [5, 5.41) is 8.60. The summed E-state index contributed by atoms with van der Waals surface area (Å²) >= 11 is 3.00. The van der Waals surface area contributed by atoms with E-state index in [4.69, 9.17) is 4.74 Å². The normalized spacial score (nSPS) is 16.4. The average molecular weight is 429 g/mol. The SMILES string of the molecule is CN=C(NCc1ccc(S(=O)(=O)N2CCOCC2)s1)NCc1sccc1C. The summed E-state index contributed by atoms with van der Waals surface area (Å²) in [6, 6.07) is 5.62. The average Bonchev–Trinajstić information content (AvgIpc) is 3.32. The standard InChI is InChI=1S/C17H24N4O3S3/c1-13-5-10-25-15(13)12-20-17(18-2)19-11-14-3-4-16(26-14)27(22,23)21-6-8-24-9-7-21/h3-5,10H,6-9,11-12H2,1-2H3,(H2,18,19,20). The summed E-state index contributed by atoms with van der Waals surface area (Å²) in [6.07, 6.45) is 0. The van der Waals surface area contributed by atoms with Crippen LogP contribution in [0.15, 0.2) is 32.8 Å². The fourth-order valence-electron chi connectivity index (χ4n) is 2.65. The van der Waals surface area contributed by atoms with Crippen LogP contribution in [0.2, 0.25) is 0 Å². The Hall–Kier alpha value is -1.46. The molecule has 0 amide bonds. The molecule has 2 aromatic heterocycles. The molecule has 1 saturated heterocycles. The second-order valence-corrected chi connectivity index (χ2v) is 10.4. The molecular formula is C17H24N4O3S3. The molecule has 1 aliphatic rings. The summed E-state index contributed by atoms with van der Waals surface area (Å²) < 4.78 is 32.5. The van der Waals surface area contributed by atoms with Gasteiger partial charge in [0, 0.05) is 29.9 Å². The van der Waals surface area contributed by atoms with Crippen LogP contribution in [0.5, 0.6) is 0 Å². The van der Waals surface area contributed by atoms with Crippen molar-refractivity contribution in [1.82, 2.24) is 14.9 Å². The molecule has 3 rings (SSSR count). The lowest BCUT2D eigenvalue weighted by molar-refractivity contribution is 0.0731. The monoisotopic (exact) mass is 428 g/mol. The van der Waals surface area contributed by atoms with E-state index >= 15 is 0 Å². The van der Waals surface area contributed by atoms with E-state index in [9.17, 15) is 8.42 Å². The van der Waals surface area contributed by atoms with Gasteiger partial charge in [-0.05, 0) is 36.1 Å². The highest BCUT2D eigenvalue weighted by Gasteiger charge is 2.27. The van der Waals surface area contributed by atoms with Gasteiger partial charge in [0.1, 0.15) is 4.21 Å². The van der Waals surface area contributed by atoms with E-state index in [0.717, 1.165) is 4.88 Å². The number of thiophene rings is 2. The van der Waals surface area contributed by atoms with Crippen LogP contribution in [0.4, 0.5) is 0 Å². The molecule has 2 N–H and O–H groups in total. The third-order valence-corrected chi connectivity index (χ3v) is 8.71. The van der Waals surface area contributed by atoms with Crippen LogP contribution >= 0.6 is 22.7 Å². The highest BCUT2D eigenvalue weighted by Crippen LogP contribution is 2.25. The van der Waals surface area contributed by atoms with Gasteiger partial charge in [0.05, 0.1) is 26.3 Å². The Morgan fingerprint density at radius 2 is 1.96 bits per heavy atom. The zero-order valence-electron chi connectivity index (χ0n) is 15.4. The van der Waals surface area contributed by atoms with Gasteiger partial charge in [-0.2, -0.15) is 4.31 Å². The molecule has 0 unspecified atom stereocenters. The molecule has 27 heavy (non-hydrogen) atoms. The third kappa shape index (κ3) is 5.08. The minimum atomic E-state index is -3.43. The number of aliphatic imine (C=N–C) groups is 1. The molecule has 0 radical (unpaired) electrons. The highest BCUT2D eigenvalue weighted by atomic mass is 32.2. The number of morpholine rings is 1. The second-order valence-electron chi connectivity index (χ2n) is 6.04. The lowest BCUT2D eigenvalue weighted by Crippen LogP contribution is -2.40. The zero-order valence-corrected chi connectivity index (χ0v) is 17.8. The van der Waals surface area contributed by atoms with Crippen molar-refractivity contribution in [3.8, 4) is 0 Å². The Morgan fingerprint density at radius 1 is 1.22 bits per heavy atom. The largest absolute Gasteiger partial charge is 0.379 e. The van der Waals surface area contributed by atoms with E-state index in [1.807, 2.05) is 6.07 Å². The number of sulfonamides is 1. The van der Waals surface area contributed by atoms with Crippen molar-refractivity contribution in [1.29, 1.82) is 0 Å². The summed E-state index contributed by atoms with van der Waals surface area (Å²) in [5.41, 5.74) is 1.26. The molecule has 148 valence electrons. The van der Waals surface area contributed by atoms with Gasteiger partial charge in [0.15, 0.2) is 5.96 Å². The third-order valence-electron chi connectivity index (χ3n) is 4.24. The van der Waals surface area contributed by atoms with E-state index in [1.54, 1.807) is 24.5 Å². The molecule has 0 aromatic carbocycles. The van der Waals surface area contributed by atoms with Gasteiger partial charge in [-0.3, -0.25) is 4.99 Å². The van der Waals surface area contributed by atoms with Gasteiger partial charge in [0.2, 0.25) is 0 Å².